The van der Waals surface area contributed by atoms with Crippen LogP contribution in [0.15, 0.2) is 0 Å². The summed E-state index contributed by atoms with van der Waals surface area (Å²) < 4.78 is 5.34. The summed E-state index contributed by atoms with van der Waals surface area (Å²) in [4.78, 5) is 16.1. The first-order valence-electron chi connectivity index (χ1n) is 6.47. The molecule has 0 N–H and O–H groups in total. The number of hydrogen-bond donors (Lipinski definition) is 0. The monoisotopic (exact) mass is 296 g/mol. The van der Waals surface area contributed by atoms with Crippen LogP contribution in [0.2, 0.25) is 0 Å². The predicted octanol–water partition coefficient (Wildman–Crippen LogP) is 1.36. The Bertz CT molecular complexity index is 260. The molecule has 18 heavy (non-hydrogen) atoms. The van der Waals surface area contributed by atoms with Crippen LogP contribution < -0.4 is 0 Å². The highest BCUT2D eigenvalue weighted by Crippen LogP contribution is 2.19. The van der Waals surface area contributed by atoms with E-state index in [-0.39, 0.29) is 24.2 Å². The lowest BCUT2D eigenvalue weighted by Crippen LogP contribution is -2.51. The zero-order chi connectivity index (χ0) is 12.1. The lowest BCUT2D eigenvalue weighted by Gasteiger charge is -2.39. The second-order valence-corrected chi connectivity index (χ2v) is 5.05. The standard InChI is InChI=1S/C12H21ClN2O2.ClH/c13-9-12(16)15-4-2-1-3-11(15)10-14-5-7-17-8-6-14;/h11H,1-10H2;1H. The number of hydrogen-bond acceptors (Lipinski definition) is 3. The third-order valence-corrected chi connectivity index (χ3v) is 3.86. The van der Waals surface area contributed by atoms with Crippen LogP contribution in [0.5, 0.6) is 0 Å². The average molecular weight is 297 g/mol. The van der Waals surface area contributed by atoms with Crippen molar-refractivity contribution in [2.45, 2.75) is 25.3 Å². The minimum Gasteiger partial charge on any atom is -0.379 e. The van der Waals surface area contributed by atoms with Gasteiger partial charge in [0.2, 0.25) is 5.91 Å². The maximum atomic E-state index is 11.8. The fourth-order valence-electron chi connectivity index (χ4n) is 2.68. The first kappa shape index (κ1) is 16.0. The van der Waals surface area contributed by atoms with E-state index in [9.17, 15) is 4.79 Å². The fraction of sp³-hybridized carbons (Fsp3) is 0.917. The van der Waals surface area contributed by atoms with Gasteiger partial charge in [-0.1, -0.05) is 0 Å². The molecule has 2 aliphatic rings. The van der Waals surface area contributed by atoms with Crippen molar-refractivity contribution < 1.29 is 9.53 Å². The van der Waals surface area contributed by atoms with Gasteiger partial charge in [0.1, 0.15) is 5.88 Å². The molecular weight excluding hydrogens is 275 g/mol. The molecule has 0 aromatic carbocycles. The summed E-state index contributed by atoms with van der Waals surface area (Å²) in [5, 5.41) is 0. The first-order chi connectivity index (χ1) is 8.31. The van der Waals surface area contributed by atoms with E-state index in [1.54, 1.807) is 0 Å². The summed E-state index contributed by atoms with van der Waals surface area (Å²) in [6.45, 7) is 5.46. The average Bonchev–Trinajstić information content (AvgIpc) is 2.40. The summed E-state index contributed by atoms with van der Waals surface area (Å²) in [5.41, 5.74) is 0. The molecular formula is C12H22Cl2N2O2. The van der Waals surface area contributed by atoms with E-state index >= 15 is 0 Å². The third-order valence-electron chi connectivity index (χ3n) is 3.63. The third kappa shape index (κ3) is 4.26. The Morgan fingerprint density at radius 1 is 1.22 bits per heavy atom. The Hall–Kier alpha value is -0.0300. The van der Waals surface area contributed by atoms with Crippen LogP contribution in [0.25, 0.3) is 0 Å². The van der Waals surface area contributed by atoms with Gasteiger partial charge in [-0.2, -0.15) is 0 Å². The molecule has 0 aromatic rings. The predicted molar refractivity (Wildman–Crippen MR) is 74.6 cm³/mol. The van der Waals surface area contributed by atoms with Crippen molar-refractivity contribution in [2.75, 3.05) is 45.3 Å². The molecule has 2 aliphatic heterocycles. The number of ether oxygens (including phenoxy) is 1. The molecule has 2 heterocycles. The second kappa shape index (κ2) is 8.20. The Kier molecular flexibility index (Phi) is 7.30. The quantitative estimate of drug-likeness (QED) is 0.737. The van der Waals surface area contributed by atoms with Crippen molar-refractivity contribution in [3.8, 4) is 0 Å². The molecule has 2 rings (SSSR count). The fourth-order valence-corrected chi connectivity index (χ4v) is 2.83. The van der Waals surface area contributed by atoms with Gasteiger partial charge < -0.3 is 9.64 Å². The van der Waals surface area contributed by atoms with Gasteiger partial charge in [0.15, 0.2) is 0 Å². The van der Waals surface area contributed by atoms with E-state index in [4.69, 9.17) is 16.3 Å². The number of halogens is 2. The van der Waals surface area contributed by atoms with Crippen molar-refractivity contribution in [1.29, 1.82) is 0 Å². The summed E-state index contributed by atoms with van der Waals surface area (Å²) in [6.07, 6.45) is 3.45. The van der Waals surface area contributed by atoms with Crippen LogP contribution in [0.3, 0.4) is 0 Å². The van der Waals surface area contributed by atoms with Crippen LogP contribution in [0.1, 0.15) is 19.3 Å². The minimum absolute atomic E-state index is 0. The second-order valence-electron chi connectivity index (χ2n) is 4.78. The van der Waals surface area contributed by atoms with Gasteiger partial charge in [0, 0.05) is 32.2 Å². The maximum Gasteiger partial charge on any atom is 0.237 e. The molecule has 0 saturated carbocycles. The van der Waals surface area contributed by atoms with Crippen LogP contribution in [0, 0.1) is 0 Å². The summed E-state index contributed by atoms with van der Waals surface area (Å²) in [7, 11) is 0. The van der Waals surface area contributed by atoms with E-state index < -0.39 is 0 Å². The molecule has 1 unspecified atom stereocenters. The van der Waals surface area contributed by atoms with E-state index in [0.29, 0.717) is 6.04 Å². The Labute approximate surface area is 120 Å². The molecule has 4 nitrogen and oxygen atoms in total. The van der Waals surface area contributed by atoms with Gasteiger partial charge >= 0.3 is 0 Å². The molecule has 2 saturated heterocycles. The van der Waals surface area contributed by atoms with Gasteiger partial charge in [-0.3, -0.25) is 9.69 Å². The molecule has 0 aliphatic carbocycles. The van der Waals surface area contributed by atoms with Crippen molar-refractivity contribution in [1.82, 2.24) is 9.80 Å². The largest absolute Gasteiger partial charge is 0.379 e. The van der Waals surface area contributed by atoms with E-state index in [1.165, 1.54) is 6.42 Å². The summed E-state index contributed by atoms with van der Waals surface area (Å²) in [6, 6.07) is 0.355. The highest BCUT2D eigenvalue weighted by molar-refractivity contribution is 6.27. The van der Waals surface area contributed by atoms with E-state index in [2.05, 4.69) is 4.90 Å². The SMILES string of the molecule is Cl.O=C(CCl)N1CCCCC1CN1CCOCC1. The van der Waals surface area contributed by atoms with E-state index in [1.807, 2.05) is 4.90 Å². The zero-order valence-electron chi connectivity index (χ0n) is 10.6. The van der Waals surface area contributed by atoms with Crippen LogP contribution >= 0.6 is 24.0 Å². The Morgan fingerprint density at radius 2 is 1.94 bits per heavy atom. The molecule has 6 heteroatoms. The maximum absolute atomic E-state index is 11.8. The molecule has 106 valence electrons. The van der Waals surface area contributed by atoms with Crippen molar-refractivity contribution in [3.63, 3.8) is 0 Å². The normalized spacial score (nSPS) is 25.6. The van der Waals surface area contributed by atoms with E-state index in [0.717, 1.165) is 52.2 Å². The minimum atomic E-state index is 0. The molecule has 0 spiro atoms. The smallest absolute Gasteiger partial charge is 0.237 e. The highest BCUT2D eigenvalue weighted by Gasteiger charge is 2.28. The van der Waals surface area contributed by atoms with Crippen molar-refractivity contribution >= 4 is 29.9 Å². The number of amides is 1. The van der Waals surface area contributed by atoms with Crippen molar-refractivity contribution in [3.05, 3.63) is 0 Å². The topological polar surface area (TPSA) is 32.8 Å². The first-order valence-corrected chi connectivity index (χ1v) is 7.00. The van der Waals surface area contributed by atoms with Gasteiger partial charge in [-0.15, -0.1) is 24.0 Å². The Balaban J connectivity index is 0.00000162. The molecule has 1 amide bonds. The number of nitrogens with zero attached hydrogens (tertiary/aromatic N) is 2. The number of carbonyl (C=O) groups excluding carboxylic acids is 1. The number of morpholine rings is 1. The van der Waals surface area contributed by atoms with Gasteiger partial charge in [-0.05, 0) is 19.3 Å². The summed E-state index contributed by atoms with van der Waals surface area (Å²) >= 11 is 5.67. The highest BCUT2D eigenvalue weighted by atomic mass is 35.5. The number of carbonyl (C=O) groups is 1. The molecule has 2 fully saturated rings. The number of alkyl halides is 1. The lowest BCUT2D eigenvalue weighted by molar-refractivity contribution is -0.132. The molecule has 0 bridgehead atoms. The number of rotatable bonds is 3. The zero-order valence-corrected chi connectivity index (χ0v) is 12.2. The van der Waals surface area contributed by atoms with Gasteiger partial charge in [-0.25, -0.2) is 0 Å². The Morgan fingerprint density at radius 3 is 2.61 bits per heavy atom. The van der Waals surface area contributed by atoms with Crippen LogP contribution in [0.4, 0.5) is 0 Å². The number of likely N-dealkylation sites (tertiary alicyclic amines) is 1. The van der Waals surface area contributed by atoms with Gasteiger partial charge in [0.25, 0.3) is 0 Å². The van der Waals surface area contributed by atoms with Crippen LogP contribution in [-0.2, 0) is 9.53 Å². The summed E-state index contributed by atoms with van der Waals surface area (Å²) in [5.74, 6) is 0.198. The van der Waals surface area contributed by atoms with Crippen LogP contribution in [-0.4, -0.2) is 67.0 Å². The van der Waals surface area contributed by atoms with Crippen molar-refractivity contribution in [2.24, 2.45) is 0 Å². The number of piperidine rings is 1. The molecule has 0 aromatic heterocycles. The molecule has 1 atom stereocenters. The molecule has 0 radical (unpaired) electrons. The lowest BCUT2D eigenvalue weighted by atomic mass is 10.0. The van der Waals surface area contributed by atoms with Gasteiger partial charge in [0.05, 0.1) is 13.2 Å².